The molecule has 2 aliphatic carbocycles. The summed E-state index contributed by atoms with van der Waals surface area (Å²) in [5.74, 6) is -15.6. The first-order chi connectivity index (χ1) is 47.9. The first-order valence-electron chi connectivity index (χ1n) is 36.5. The Balaban J connectivity index is 1.68. The number of fused-ring (bicyclic) bond motifs is 3. The average molecular weight is 1470 g/mol. The van der Waals surface area contributed by atoms with E-state index in [1.807, 2.05) is 27.7 Å². The maximum Gasteiger partial charge on any atom is 0.391 e. The Kier molecular flexibility index (Phi) is 30.9. The molecule has 0 radical (unpaired) electrons. The van der Waals surface area contributed by atoms with Gasteiger partial charge in [-0.15, -0.1) is 0 Å². The zero-order chi connectivity index (χ0) is 77.7. The maximum atomic E-state index is 15.6. The summed E-state index contributed by atoms with van der Waals surface area (Å²) in [6, 6.07) is -11.2. The predicted molar refractivity (Wildman–Crippen MR) is 370 cm³/mol. The van der Waals surface area contributed by atoms with Gasteiger partial charge in [0.1, 0.15) is 60.0 Å². The zero-order valence-corrected chi connectivity index (χ0v) is 63.3. The first kappa shape index (κ1) is 86.5. The van der Waals surface area contributed by atoms with Gasteiger partial charge in [-0.2, -0.15) is 13.2 Å². The van der Waals surface area contributed by atoms with E-state index in [4.69, 9.17) is 0 Å². The number of hydrogen-bond acceptors (Lipinski definition) is 12. The van der Waals surface area contributed by atoms with Gasteiger partial charge in [-0.3, -0.25) is 61.9 Å². The van der Waals surface area contributed by atoms with Crippen molar-refractivity contribution in [3.05, 3.63) is 12.2 Å². The normalized spacial score (nSPS) is 28.5. The lowest BCUT2D eigenvalue weighted by Gasteiger charge is -2.54. The van der Waals surface area contributed by atoms with Gasteiger partial charge in [0.05, 0.1) is 32.6 Å². The summed E-state index contributed by atoms with van der Waals surface area (Å²) in [7, 11) is 10.8. The minimum Gasteiger partial charge on any atom is -0.347 e. The molecule has 0 aromatic rings. The van der Waals surface area contributed by atoms with E-state index in [2.05, 4.69) is 16.0 Å². The topological polar surface area (TPSA) is 270 Å². The third-order valence-electron chi connectivity index (χ3n) is 22.1. The van der Waals surface area contributed by atoms with E-state index in [0.717, 1.165) is 24.5 Å². The largest absolute Gasteiger partial charge is 0.391 e. The van der Waals surface area contributed by atoms with Gasteiger partial charge in [0.15, 0.2) is 0 Å². The Morgan fingerprint density at radius 2 is 1.33 bits per heavy atom. The quantitative estimate of drug-likeness (QED) is 0.114. The minimum atomic E-state index is -4.91. The van der Waals surface area contributed by atoms with Crippen LogP contribution in [0.1, 0.15) is 177 Å². The molecule has 5 aliphatic rings. The molecule has 31 heteroatoms. The van der Waals surface area contributed by atoms with Crippen LogP contribution in [0.4, 0.5) is 30.7 Å². The van der Waals surface area contributed by atoms with Gasteiger partial charge in [-0.1, -0.05) is 79.9 Å². The van der Waals surface area contributed by atoms with Gasteiger partial charge in [0.2, 0.25) is 76.8 Å². The Labute approximate surface area is 603 Å². The van der Waals surface area contributed by atoms with Crippen LogP contribution < -0.4 is 16.0 Å². The van der Waals surface area contributed by atoms with E-state index in [-0.39, 0.29) is 70.9 Å². The average Bonchev–Trinajstić information content (AvgIpc) is 1.24. The second kappa shape index (κ2) is 36.7. The van der Waals surface area contributed by atoms with Gasteiger partial charge < -0.3 is 60.0 Å². The Morgan fingerprint density at radius 3 is 1.89 bits per heavy atom. The molecule has 2 bridgehead atoms. The molecular formula is C72H115F7N12O12. The number of likely N-dealkylation sites (N-methyl/N-ethyl adjacent to an activating group) is 7. The third kappa shape index (κ3) is 22.5. The van der Waals surface area contributed by atoms with Crippen molar-refractivity contribution >= 4 is 70.9 Å². The molecule has 24 nitrogen and oxygen atoms in total. The Bertz CT molecular complexity index is 3050. The molecule has 0 aromatic carbocycles. The van der Waals surface area contributed by atoms with Crippen molar-refractivity contribution in [2.75, 3.05) is 89.2 Å². The van der Waals surface area contributed by atoms with Gasteiger partial charge in [-0.25, -0.2) is 13.2 Å². The van der Waals surface area contributed by atoms with Crippen molar-refractivity contribution in [1.82, 2.24) is 60.0 Å². The van der Waals surface area contributed by atoms with Crippen molar-refractivity contribution in [1.29, 1.82) is 0 Å². The van der Waals surface area contributed by atoms with Crippen LogP contribution in [0.25, 0.3) is 0 Å². The van der Waals surface area contributed by atoms with Gasteiger partial charge in [0.25, 0.3) is 0 Å². The Hall–Kier alpha value is -7.11. The molecule has 1 spiro atoms. The number of halogens is 7. The smallest absolute Gasteiger partial charge is 0.347 e. The van der Waals surface area contributed by atoms with Crippen LogP contribution in [-0.4, -0.2) is 276 Å². The van der Waals surface area contributed by atoms with E-state index in [1.165, 1.54) is 82.9 Å². The SMILES string of the molecule is CCC(CC)[C@H]1C(=O)N(C)[C@H](C(=O)N(C)C)CC(=O)N(C)[C@@H](C)C(=O)N[C@@H]([C@@H](C)CC)C(=O)N(C)CC(=O)N(C)[C@H]2C/C=C\CCN(C2=O)[C@@H](CC2CCC(F)(F)CC2)C(=O)N(C)CC(=O)N[C@@H](CCC(CCF)CC(F)CC(F)(F)F)C(=O)N2C[C@@H](C)C[C@H]2C(=O)NC2(CC(C)(C)C2)C(=O)N1C. The fraction of sp³-hybridized carbons (Fsp3) is 0.806. The van der Waals surface area contributed by atoms with Crippen LogP contribution in [0.15, 0.2) is 12.2 Å². The molecule has 3 N–H and O–H groups in total. The van der Waals surface area contributed by atoms with E-state index in [9.17, 15) is 55.1 Å². The summed E-state index contributed by atoms with van der Waals surface area (Å²) >= 11 is 0. The highest BCUT2D eigenvalue weighted by atomic mass is 19.4. The van der Waals surface area contributed by atoms with Crippen LogP contribution in [0.2, 0.25) is 0 Å². The van der Waals surface area contributed by atoms with Gasteiger partial charge >= 0.3 is 6.18 Å². The highest BCUT2D eigenvalue weighted by Gasteiger charge is 2.59. The maximum absolute atomic E-state index is 15.6. The number of hydrogen-bond donors (Lipinski definition) is 3. The monoisotopic (exact) mass is 1470 g/mol. The summed E-state index contributed by atoms with van der Waals surface area (Å²) in [6.45, 7) is 11.2. The zero-order valence-electron chi connectivity index (χ0n) is 63.3. The Morgan fingerprint density at radius 1 is 0.718 bits per heavy atom. The third-order valence-corrected chi connectivity index (χ3v) is 22.1. The number of rotatable bonds is 16. The lowest BCUT2D eigenvalue weighted by atomic mass is 9.58. The summed E-state index contributed by atoms with van der Waals surface area (Å²) in [6.07, 6.45) is -8.49. The molecule has 4 fully saturated rings. The molecule has 2 saturated carbocycles. The molecular weight excluding hydrogens is 1360 g/mol. The minimum absolute atomic E-state index is 0.00782. The molecule has 2 saturated heterocycles. The van der Waals surface area contributed by atoms with Crippen molar-refractivity contribution in [2.24, 2.45) is 35.0 Å². The number of nitrogens with one attached hydrogen (secondary N) is 3. The van der Waals surface area contributed by atoms with E-state index in [0.29, 0.717) is 19.3 Å². The lowest BCUT2D eigenvalue weighted by molar-refractivity contribution is -0.161. The number of carbonyl (C=O) groups excluding carboxylic acids is 12. The lowest BCUT2D eigenvalue weighted by Crippen LogP contribution is -2.71. The fourth-order valence-corrected chi connectivity index (χ4v) is 15.6. The van der Waals surface area contributed by atoms with Crippen molar-refractivity contribution in [2.45, 2.75) is 250 Å². The van der Waals surface area contributed by atoms with Crippen LogP contribution in [-0.2, 0) is 57.5 Å². The molecule has 3 heterocycles. The number of nitrogens with zero attached hydrogens (tertiary/aromatic N) is 9. The molecule has 584 valence electrons. The van der Waals surface area contributed by atoms with Crippen LogP contribution in [0, 0.1) is 35.0 Å². The van der Waals surface area contributed by atoms with E-state index >= 15 is 33.2 Å². The number of amides is 12. The van der Waals surface area contributed by atoms with Gasteiger partial charge in [0, 0.05) is 82.3 Å². The number of alkyl halides is 7. The molecule has 5 rings (SSSR count). The molecule has 2 unspecified atom stereocenters. The van der Waals surface area contributed by atoms with E-state index in [1.54, 1.807) is 32.9 Å². The van der Waals surface area contributed by atoms with Crippen LogP contribution in [0.5, 0.6) is 0 Å². The standard InChI is InChI=1S/C72H115F7N12O12/c1-17-44(5)58-66(101)85(12)40-57(94)87(14)51-23-21-20-22-32-90(65(51)100)54(35-47-26-29-71(75,76)30-27-47)64(99)84(11)39-55(92)80-50(25-24-46(28-31-73)34-49(74)37-72(77,78)79)62(97)91-38-43(4)33-52(91)61(96)82-70(41-69(7,8)42-70)68(103)89(16)59(48(18-2)19-3)67(102)88(15)53(63(98)83(9)10)36-56(93)86(13)45(6)60(95)81-58/h20-21,43-54,58-59H,17-19,22-42H2,1-16H3,(H,80,92)(H,81,95)(H,82,96)/b21-20-/t43-,44-,45-,46?,49?,50-,51-,52-,53-,54-,58-,59-/m0/s1. The van der Waals surface area contributed by atoms with Crippen molar-refractivity contribution in [3.63, 3.8) is 0 Å². The molecule has 103 heavy (non-hydrogen) atoms. The highest BCUT2D eigenvalue weighted by Crippen LogP contribution is 2.50. The molecule has 3 aliphatic heterocycles. The predicted octanol–water partition coefficient (Wildman–Crippen LogP) is 6.29. The second-order valence-electron chi connectivity index (χ2n) is 31.0. The summed E-state index contributed by atoms with van der Waals surface area (Å²) < 4.78 is 99.2. The van der Waals surface area contributed by atoms with Crippen molar-refractivity contribution < 1.29 is 88.3 Å². The molecule has 12 atom stereocenters. The fourth-order valence-electron chi connectivity index (χ4n) is 15.6. The summed E-state index contributed by atoms with van der Waals surface area (Å²) in [5.41, 5.74) is -2.30. The molecule has 12 amide bonds. The number of carbonyl (C=O) groups is 12. The first-order valence-corrected chi connectivity index (χ1v) is 36.5. The highest BCUT2D eigenvalue weighted by molar-refractivity contribution is 6.01. The second-order valence-corrected chi connectivity index (χ2v) is 31.0. The summed E-state index contributed by atoms with van der Waals surface area (Å²) in [5, 5.41) is 8.37. The van der Waals surface area contributed by atoms with Crippen molar-refractivity contribution in [3.8, 4) is 0 Å². The van der Waals surface area contributed by atoms with E-state index < -0.39 is 243 Å². The summed E-state index contributed by atoms with van der Waals surface area (Å²) in [4.78, 5) is 189. The van der Waals surface area contributed by atoms with Gasteiger partial charge in [-0.05, 0) is 119 Å². The van der Waals surface area contributed by atoms with Crippen LogP contribution >= 0.6 is 0 Å². The van der Waals surface area contributed by atoms with Crippen LogP contribution in [0.3, 0.4) is 0 Å². The molecule has 0 aromatic heterocycles.